The van der Waals surface area contributed by atoms with E-state index in [2.05, 4.69) is 5.32 Å². The summed E-state index contributed by atoms with van der Waals surface area (Å²) < 4.78 is 10.9. The molecule has 4 atom stereocenters. The quantitative estimate of drug-likeness (QED) is 0.886. The normalized spacial score (nSPS) is 29.4. The standard InChI is InChI=1S/C16H19NO5/c1-8-3-4-10(21-2)9(7-8)17-15(18)13-11-5-6-12(22-11)14(13)16(19)20/h3-4,7,11-14H,5-6H2,1-2H3,(H,17,18)(H,19,20)/t11-,12-,13+,14+/m1/s1. The Bertz CT molecular complexity index is 615. The van der Waals surface area contributed by atoms with E-state index in [1.165, 1.54) is 7.11 Å². The van der Waals surface area contributed by atoms with E-state index < -0.39 is 17.8 Å². The van der Waals surface area contributed by atoms with Crippen molar-refractivity contribution < 1.29 is 24.2 Å². The maximum absolute atomic E-state index is 12.6. The third-order valence-corrected chi connectivity index (χ3v) is 4.47. The number of aliphatic carboxylic acids is 1. The van der Waals surface area contributed by atoms with Crippen LogP contribution in [0, 0.1) is 18.8 Å². The van der Waals surface area contributed by atoms with Crippen molar-refractivity contribution in [3.8, 4) is 5.75 Å². The molecule has 2 N–H and O–H groups in total. The number of ether oxygens (including phenoxy) is 2. The number of methoxy groups -OCH3 is 1. The number of amides is 1. The molecule has 0 saturated carbocycles. The number of anilines is 1. The lowest BCUT2D eigenvalue weighted by Crippen LogP contribution is -2.41. The number of nitrogens with one attached hydrogen (secondary N) is 1. The van der Waals surface area contributed by atoms with Gasteiger partial charge in [-0.15, -0.1) is 0 Å². The lowest BCUT2D eigenvalue weighted by Gasteiger charge is -2.24. The fraction of sp³-hybridized carbons (Fsp3) is 0.500. The summed E-state index contributed by atoms with van der Waals surface area (Å²) in [6.07, 6.45) is 0.788. The van der Waals surface area contributed by atoms with Gasteiger partial charge in [-0.3, -0.25) is 9.59 Å². The molecular weight excluding hydrogens is 286 g/mol. The largest absolute Gasteiger partial charge is 0.495 e. The van der Waals surface area contributed by atoms with E-state index in [1.807, 2.05) is 13.0 Å². The van der Waals surface area contributed by atoms with Crippen LogP contribution in [0.5, 0.6) is 5.75 Å². The highest BCUT2D eigenvalue weighted by Gasteiger charge is 2.55. The number of carboxylic acids is 1. The number of rotatable bonds is 4. The van der Waals surface area contributed by atoms with Crippen molar-refractivity contribution in [2.24, 2.45) is 11.8 Å². The molecule has 0 aliphatic carbocycles. The average molecular weight is 305 g/mol. The van der Waals surface area contributed by atoms with Crippen molar-refractivity contribution in [2.45, 2.75) is 32.0 Å². The molecule has 2 aliphatic heterocycles. The molecule has 2 fully saturated rings. The molecule has 6 nitrogen and oxygen atoms in total. The number of aryl methyl sites for hydroxylation is 1. The summed E-state index contributed by atoms with van der Waals surface area (Å²) in [6.45, 7) is 1.91. The van der Waals surface area contributed by atoms with Gasteiger partial charge in [0, 0.05) is 0 Å². The number of fused-ring (bicyclic) bond motifs is 2. The minimum absolute atomic E-state index is 0.304. The zero-order valence-electron chi connectivity index (χ0n) is 12.5. The first kappa shape index (κ1) is 14.8. The van der Waals surface area contributed by atoms with E-state index >= 15 is 0 Å². The Labute approximate surface area is 128 Å². The van der Waals surface area contributed by atoms with Crippen LogP contribution in [-0.4, -0.2) is 36.3 Å². The zero-order chi connectivity index (χ0) is 15.9. The summed E-state index contributed by atoms with van der Waals surface area (Å²) in [4.78, 5) is 24.0. The molecule has 1 amide bonds. The molecular formula is C16H19NO5. The average Bonchev–Trinajstić information content (AvgIpc) is 3.08. The summed E-state index contributed by atoms with van der Waals surface area (Å²) in [5, 5.41) is 12.2. The van der Waals surface area contributed by atoms with Crippen LogP contribution in [0.2, 0.25) is 0 Å². The van der Waals surface area contributed by atoms with Gasteiger partial charge < -0.3 is 19.9 Å². The SMILES string of the molecule is COc1ccc(C)cc1NC(=O)[C@@H]1[C@@H](C(=O)O)[C@H]2CC[C@H]1O2. The van der Waals surface area contributed by atoms with Gasteiger partial charge in [0.05, 0.1) is 36.8 Å². The summed E-state index contributed by atoms with van der Waals surface area (Å²) in [6, 6.07) is 5.46. The molecule has 2 saturated heterocycles. The Morgan fingerprint density at radius 2 is 1.95 bits per heavy atom. The second-order valence-corrected chi connectivity index (χ2v) is 5.87. The molecule has 2 bridgehead atoms. The first-order valence-corrected chi connectivity index (χ1v) is 7.35. The molecule has 0 aromatic heterocycles. The lowest BCUT2D eigenvalue weighted by molar-refractivity contribution is -0.147. The molecule has 22 heavy (non-hydrogen) atoms. The first-order valence-electron chi connectivity index (χ1n) is 7.35. The highest BCUT2D eigenvalue weighted by molar-refractivity contribution is 5.97. The van der Waals surface area contributed by atoms with Crippen LogP contribution in [0.4, 0.5) is 5.69 Å². The van der Waals surface area contributed by atoms with Crippen LogP contribution < -0.4 is 10.1 Å². The zero-order valence-corrected chi connectivity index (χ0v) is 12.5. The van der Waals surface area contributed by atoms with Crippen LogP contribution in [-0.2, 0) is 14.3 Å². The van der Waals surface area contributed by atoms with E-state index in [9.17, 15) is 14.7 Å². The van der Waals surface area contributed by atoms with Crippen molar-refractivity contribution >= 4 is 17.6 Å². The molecule has 0 spiro atoms. The molecule has 2 aliphatic rings. The predicted octanol–water partition coefficient (Wildman–Crippen LogP) is 1.82. The Hall–Kier alpha value is -2.08. The van der Waals surface area contributed by atoms with Gasteiger partial charge in [0.25, 0.3) is 0 Å². The monoisotopic (exact) mass is 305 g/mol. The Kier molecular flexibility index (Phi) is 3.78. The Morgan fingerprint density at radius 1 is 1.27 bits per heavy atom. The van der Waals surface area contributed by atoms with Crippen LogP contribution in [0.15, 0.2) is 18.2 Å². The molecule has 6 heteroatoms. The van der Waals surface area contributed by atoms with E-state index in [1.54, 1.807) is 12.1 Å². The molecule has 3 rings (SSSR count). The molecule has 1 aromatic carbocycles. The number of hydrogen-bond acceptors (Lipinski definition) is 4. The summed E-state index contributed by atoms with van der Waals surface area (Å²) in [5.41, 5.74) is 1.54. The van der Waals surface area contributed by atoms with E-state index in [0.717, 1.165) is 12.0 Å². The first-order chi connectivity index (χ1) is 10.5. The number of carbonyl (C=O) groups is 2. The third-order valence-electron chi connectivity index (χ3n) is 4.47. The van der Waals surface area contributed by atoms with Crippen molar-refractivity contribution in [1.29, 1.82) is 0 Å². The molecule has 1 aromatic rings. The van der Waals surface area contributed by atoms with Gasteiger partial charge in [-0.2, -0.15) is 0 Å². The second-order valence-electron chi connectivity index (χ2n) is 5.87. The molecule has 2 heterocycles. The fourth-order valence-corrected chi connectivity index (χ4v) is 3.46. The lowest BCUT2D eigenvalue weighted by atomic mass is 9.78. The Morgan fingerprint density at radius 3 is 2.59 bits per heavy atom. The minimum atomic E-state index is -0.969. The van der Waals surface area contributed by atoms with Gasteiger partial charge in [0.1, 0.15) is 5.75 Å². The van der Waals surface area contributed by atoms with E-state index in [0.29, 0.717) is 17.9 Å². The highest BCUT2D eigenvalue weighted by atomic mass is 16.5. The topological polar surface area (TPSA) is 84.9 Å². The van der Waals surface area contributed by atoms with Crippen molar-refractivity contribution in [2.75, 3.05) is 12.4 Å². The second kappa shape index (κ2) is 5.61. The number of carbonyl (C=O) groups excluding carboxylic acids is 1. The summed E-state index contributed by atoms with van der Waals surface area (Å²) in [7, 11) is 1.53. The van der Waals surface area contributed by atoms with Gasteiger partial charge in [-0.1, -0.05) is 6.07 Å². The van der Waals surface area contributed by atoms with Crippen LogP contribution in [0.25, 0.3) is 0 Å². The predicted molar refractivity (Wildman–Crippen MR) is 78.9 cm³/mol. The number of benzene rings is 1. The highest BCUT2D eigenvalue weighted by Crippen LogP contribution is 2.44. The summed E-state index contributed by atoms with van der Waals surface area (Å²) >= 11 is 0. The fourth-order valence-electron chi connectivity index (χ4n) is 3.46. The van der Waals surface area contributed by atoms with Crippen molar-refractivity contribution in [3.63, 3.8) is 0 Å². The number of hydrogen-bond donors (Lipinski definition) is 2. The minimum Gasteiger partial charge on any atom is -0.495 e. The smallest absolute Gasteiger partial charge is 0.310 e. The third kappa shape index (κ3) is 2.43. The maximum Gasteiger partial charge on any atom is 0.310 e. The molecule has 0 radical (unpaired) electrons. The van der Waals surface area contributed by atoms with Crippen LogP contribution >= 0.6 is 0 Å². The molecule has 118 valence electrons. The Balaban J connectivity index is 1.82. The molecule has 0 unspecified atom stereocenters. The van der Waals surface area contributed by atoms with Crippen LogP contribution in [0.1, 0.15) is 18.4 Å². The van der Waals surface area contributed by atoms with E-state index in [4.69, 9.17) is 9.47 Å². The van der Waals surface area contributed by atoms with Gasteiger partial charge in [0.15, 0.2) is 0 Å². The van der Waals surface area contributed by atoms with Gasteiger partial charge in [-0.05, 0) is 37.5 Å². The van der Waals surface area contributed by atoms with Crippen molar-refractivity contribution in [3.05, 3.63) is 23.8 Å². The van der Waals surface area contributed by atoms with Gasteiger partial charge in [-0.25, -0.2) is 0 Å². The summed E-state index contributed by atoms with van der Waals surface area (Å²) in [5.74, 6) is -2.15. The van der Waals surface area contributed by atoms with Gasteiger partial charge in [0.2, 0.25) is 5.91 Å². The van der Waals surface area contributed by atoms with Gasteiger partial charge >= 0.3 is 5.97 Å². The van der Waals surface area contributed by atoms with E-state index in [-0.39, 0.29) is 18.1 Å². The number of carboxylic acid groups (broad SMARTS) is 1. The maximum atomic E-state index is 12.6. The van der Waals surface area contributed by atoms with Crippen molar-refractivity contribution in [1.82, 2.24) is 0 Å². The van der Waals surface area contributed by atoms with Crippen LogP contribution in [0.3, 0.4) is 0 Å².